The molecule has 0 aromatic heterocycles. The normalized spacial score (nSPS) is 44.2. The Balaban J connectivity index is 1.75. The van der Waals surface area contributed by atoms with E-state index in [0.717, 1.165) is 6.04 Å². The Morgan fingerprint density at radius 1 is 1.06 bits per heavy atom. The summed E-state index contributed by atoms with van der Waals surface area (Å²) in [6.45, 7) is 14.8. The van der Waals surface area contributed by atoms with Gasteiger partial charge in [0.15, 0.2) is 12.1 Å². The molecule has 4 fully saturated rings. The van der Waals surface area contributed by atoms with Crippen LogP contribution in [-0.2, 0) is 38.1 Å². The second-order valence-electron chi connectivity index (χ2n) is 11.8. The highest BCUT2D eigenvalue weighted by molar-refractivity contribution is 6.76. The standard InChI is InChI=1S/C24H38O8Si/c1-13-18-22(28-8-9-33(5,6)7)30-12-24(18)17(32-15(3)26)10-16(31-14(2)25)23(4)11-29-20(19(13)27)21(23)24/h13,16-18,20-22H,8-12H2,1-7H3/t13?,16-,17+,18-,20+,21+,22+,23-,24-/m1/s1. The van der Waals surface area contributed by atoms with Crippen molar-refractivity contribution in [2.45, 2.75) is 84.4 Å². The van der Waals surface area contributed by atoms with E-state index in [-0.39, 0.29) is 23.5 Å². The van der Waals surface area contributed by atoms with Gasteiger partial charge in [-0.15, -0.1) is 0 Å². The molecule has 0 amide bonds. The largest absolute Gasteiger partial charge is 0.462 e. The topological polar surface area (TPSA) is 97.4 Å². The van der Waals surface area contributed by atoms with Crippen molar-refractivity contribution in [1.82, 2.24) is 0 Å². The Labute approximate surface area is 197 Å². The third-order valence-corrected chi connectivity index (χ3v) is 10.1. The van der Waals surface area contributed by atoms with E-state index in [2.05, 4.69) is 19.6 Å². The van der Waals surface area contributed by atoms with Crippen LogP contribution in [0.1, 0.15) is 34.1 Å². The van der Waals surface area contributed by atoms with Crippen LogP contribution in [0.4, 0.5) is 0 Å². The van der Waals surface area contributed by atoms with Gasteiger partial charge in [-0.05, 0) is 6.04 Å². The summed E-state index contributed by atoms with van der Waals surface area (Å²) < 4.78 is 30.3. The van der Waals surface area contributed by atoms with E-state index >= 15 is 0 Å². The average molecular weight is 483 g/mol. The van der Waals surface area contributed by atoms with Gasteiger partial charge in [-0.1, -0.05) is 33.5 Å². The monoisotopic (exact) mass is 482 g/mol. The highest BCUT2D eigenvalue weighted by atomic mass is 28.3. The van der Waals surface area contributed by atoms with Crippen molar-refractivity contribution in [3.8, 4) is 0 Å². The predicted molar refractivity (Wildman–Crippen MR) is 121 cm³/mol. The fraction of sp³-hybridized carbons (Fsp3) is 0.875. The van der Waals surface area contributed by atoms with Crippen LogP contribution < -0.4 is 0 Å². The summed E-state index contributed by atoms with van der Waals surface area (Å²) >= 11 is 0. The zero-order valence-electron chi connectivity index (χ0n) is 20.8. The van der Waals surface area contributed by atoms with Gasteiger partial charge in [0, 0.05) is 63.5 Å². The van der Waals surface area contributed by atoms with Crippen LogP contribution in [0, 0.1) is 28.6 Å². The third kappa shape index (κ3) is 3.98. The molecule has 9 heteroatoms. The van der Waals surface area contributed by atoms with E-state index < -0.39 is 55.4 Å². The Hall–Kier alpha value is -1.29. The van der Waals surface area contributed by atoms with Crippen molar-refractivity contribution in [2.24, 2.45) is 28.6 Å². The van der Waals surface area contributed by atoms with Gasteiger partial charge in [-0.25, -0.2) is 0 Å². The first kappa shape index (κ1) is 24.8. The Morgan fingerprint density at radius 2 is 1.70 bits per heavy atom. The Bertz CT molecular complexity index is 824. The number of ether oxygens (including phenoxy) is 5. The molecular formula is C24H38O8Si. The summed E-state index contributed by atoms with van der Waals surface area (Å²) in [7, 11) is -1.31. The lowest BCUT2D eigenvalue weighted by atomic mass is 9.44. The number of carbonyl (C=O) groups is 3. The average Bonchev–Trinajstić information content (AvgIpc) is 3.23. The number of esters is 2. The van der Waals surface area contributed by atoms with Gasteiger partial charge in [-0.2, -0.15) is 0 Å². The minimum atomic E-state index is -1.31. The van der Waals surface area contributed by atoms with Crippen molar-refractivity contribution in [3.63, 3.8) is 0 Å². The maximum absolute atomic E-state index is 13.5. The van der Waals surface area contributed by atoms with Crippen LogP contribution in [0.5, 0.6) is 0 Å². The molecule has 33 heavy (non-hydrogen) atoms. The van der Waals surface area contributed by atoms with Crippen LogP contribution in [-0.4, -0.2) is 70.2 Å². The highest BCUT2D eigenvalue weighted by Gasteiger charge is 2.77. The lowest BCUT2D eigenvalue weighted by molar-refractivity contribution is -0.222. The molecule has 9 atom stereocenters. The first-order valence-electron chi connectivity index (χ1n) is 12.0. The molecule has 0 radical (unpaired) electrons. The van der Waals surface area contributed by atoms with Crippen LogP contribution in [0.15, 0.2) is 0 Å². The van der Waals surface area contributed by atoms with Gasteiger partial charge < -0.3 is 23.7 Å². The van der Waals surface area contributed by atoms with E-state index in [1.807, 2.05) is 13.8 Å². The molecule has 8 nitrogen and oxygen atoms in total. The molecule has 0 aromatic rings. The maximum Gasteiger partial charge on any atom is 0.302 e. The van der Waals surface area contributed by atoms with E-state index in [4.69, 9.17) is 23.7 Å². The molecule has 1 spiro atoms. The molecule has 0 bridgehead atoms. The molecule has 2 aliphatic heterocycles. The number of rotatable bonds is 6. The zero-order valence-corrected chi connectivity index (χ0v) is 21.8. The minimum Gasteiger partial charge on any atom is -0.462 e. The lowest BCUT2D eigenvalue weighted by Gasteiger charge is -2.59. The van der Waals surface area contributed by atoms with Gasteiger partial charge >= 0.3 is 11.9 Å². The van der Waals surface area contributed by atoms with Crippen molar-refractivity contribution in [3.05, 3.63) is 0 Å². The molecule has 4 aliphatic rings. The Kier molecular flexibility index (Phi) is 6.34. The first-order chi connectivity index (χ1) is 15.3. The minimum absolute atomic E-state index is 0.0266. The van der Waals surface area contributed by atoms with Crippen LogP contribution in [0.25, 0.3) is 0 Å². The van der Waals surface area contributed by atoms with Gasteiger partial charge in [-0.3, -0.25) is 14.4 Å². The Morgan fingerprint density at radius 3 is 2.30 bits per heavy atom. The second kappa shape index (κ2) is 8.43. The SMILES string of the molecule is CC(=O)O[C@H]1C[C@@H](OC(C)=O)[C@@]2(C)CO[C@H]3C(=O)C(C)[C@@H]4[C@@H](OCC[Si](C)(C)C)OC[C@@]14[C@@H]32. The summed E-state index contributed by atoms with van der Waals surface area (Å²) in [5.74, 6) is -1.70. The van der Waals surface area contributed by atoms with E-state index in [1.165, 1.54) is 13.8 Å². The third-order valence-electron chi connectivity index (χ3n) is 8.36. The van der Waals surface area contributed by atoms with Gasteiger partial charge in [0.25, 0.3) is 0 Å². The molecule has 2 heterocycles. The molecule has 2 saturated carbocycles. The zero-order chi connectivity index (χ0) is 24.3. The number of Topliss-reactive ketones (excluding diaryl/α,β-unsaturated/α-hetero) is 1. The summed E-state index contributed by atoms with van der Waals surface area (Å²) in [5, 5.41) is 0. The van der Waals surface area contributed by atoms with E-state index in [0.29, 0.717) is 26.2 Å². The van der Waals surface area contributed by atoms with Crippen molar-refractivity contribution in [2.75, 3.05) is 19.8 Å². The molecule has 2 aliphatic carbocycles. The predicted octanol–water partition coefficient (Wildman–Crippen LogP) is 2.81. The number of hydrogen-bond donors (Lipinski definition) is 0. The molecule has 186 valence electrons. The van der Waals surface area contributed by atoms with Crippen molar-refractivity contribution in [1.29, 1.82) is 0 Å². The molecular weight excluding hydrogens is 444 g/mol. The number of hydrogen-bond acceptors (Lipinski definition) is 8. The lowest BCUT2D eigenvalue weighted by Crippen LogP contribution is -2.69. The van der Waals surface area contributed by atoms with Crippen molar-refractivity contribution < 1.29 is 38.1 Å². The summed E-state index contributed by atoms with van der Waals surface area (Å²) in [4.78, 5) is 37.6. The maximum atomic E-state index is 13.5. The van der Waals surface area contributed by atoms with Crippen LogP contribution in [0.3, 0.4) is 0 Å². The highest BCUT2D eigenvalue weighted by Crippen LogP contribution is 2.68. The number of ketones is 1. The van der Waals surface area contributed by atoms with Crippen molar-refractivity contribution >= 4 is 25.8 Å². The van der Waals surface area contributed by atoms with Gasteiger partial charge in [0.05, 0.1) is 13.2 Å². The fourth-order valence-corrected chi connectivity index (χ4v) is 7.65. The van der Waals surface area contributed by atoms with Crippen LogP contribution >= 0.6 is 0 Å². The molecule has 0 aromatic carbocycles. The molecule has 1 unspecified atom stereocenters. The molecule has 0 N–H and O–H groups in total. The summed E-state index contributed by atoms with van der Waals surface area (Å²) in [5.41, 5.74) is -1.23. The molecule has 2 saturated heterocycles. The quantitative estimate of drug-likeness (QED) is 0.421. The first-order valence-corrected chi connectivity index (χ1v) is 15.7. The van der Waals surface area contributed by atoms with Gasteiger partial charge in [0.1, 0.15) is 18.3 Å². The fourth-order valence-electron chi connectivity index (χ4n) is 6.92. The summed E-state index contributed by atoms with van der Waals surface area (Å²) in [6.07, 6.45) is -1.91. The number of carbonyl (C=O) groups excluding carboxylic acids is 3. The van der Waals surface area contributed by atoms with Gasteiger partial charge in [0.2, 0.25) is 0 Å². The van der Waals surface area contributed by atoms with E-state index in [1.54, 1.807) is 0 Å². The second-order valence-corrected chi connectivity index (χ2v) is 17.5. The van der Waals surface area contributed by atoms with E-state index in [9.17, 15) is 14.4 Å². The smallest absolute Gasteiger partial charge is 0.302 e. The van der Waals surface area contributed by atoms with Crippen LogP contribution in [0.2, 0.25) is 25.7 Å². The molecule has 4 rings (SSSR count). The summed E-state index contributed by atoms with van der Waals surface area (Å²) in [6, 6.07) is 0.990.